The minimum Gasteiger partial charge on any atom is -0.301 e. The fourth-order valence-corrected chi connectivity index (χ4v) is 3.78. The Labute approximate surface area is 126 Å². The Balaban J connectivity index is 1.56. The topological polar surface area (TPSA) is 6.48 Å². The number of nitrogens with zero attached hydrogens (tertiary/aromatic N) is 2. The minimum absolute atomic E-state index is 0.743. The molecule has 0 spiro atoms. The first-order chi connectivity index (χ1) is 9.47. The zero-order valence-corrected chi connectivity index (χ0v) is 14.4. The van der Waals surface area contributed by atoms with E-state index in [4.69, 9.17) is 0 Å². The zero-order chi connectivity index (χ0) is 14.7. The largest absolute Gasteiger partial charge is 0.301 e. The van der Waals surface area contributed by atoms with Gasteiger partial charge in [-0.25, -0.2) is 0 Å². The molecule has 0 bridgehead atoms. The highest BCUT2D eigenvalue weighted by Crippen LogP contribution is 2.28. The Kier molecular flexibility index (Phi) is 5.92. The molecule has 2 aliphatic heterocycles. The highest BCUT2D eigenvalue weighted by atomic mass is 15.2. The summed E-state index contributed by atoms with van der Waals surface area (Å²) in [5, 5.41) is 0. The molecule has 2 aliphatic rings. The van der Waals surface area contributed by atoms with E-state index in [1.165, 1.54) is 51.9 Å². The van der Waals surface area contributed by atoms with E-state index in [0.717, 1.165) is 29.8 Å². The molecule has 0 aromatic carbocycles. The van der Waals surface area contributed by atoms with Crippen LogP contribution in [0.3, 0.4) is 0 Å². The van der Waals surface area contributed by atoms with Gasteiger partial charge >= 0.3 is 0 Å². The van der Waals surface area contributed by atoms with Crippen molar-refractivity contribution in [3.05, 3.63) is 0 Å². The van der Waals surface area contributed by atoms with Crippen molar-refractivity contribution in [2.75, 3.05) is 26.2 Å². The average molecular weight is 281 g/mol. The molecule has 2 fully saturated rings. The van der Waals surface area contributed by atoms with Gasteiger partial charge in [0.05, 0.1) is 0 Å². The number of hydrogen-bond donors (Lipinski definition) is 0. The van der Waals surface area contributed by atoms with E-state index in [-0.39, 0.29) is 0 Å². The molecule has 2 rings (SSSR count). The van der Waals surface area contributed by atoms with E-state index in [2.05, 4.69) is 44.4 Å². The van der Waals surface area contributed by atoms with Crippen LogP contribution in [0.25, 0.3) is 0 Å². The molecule has 2 atom stereocenters. The summed E-state index contributed by atoms with van der Waals surface area (Å²) in [5.41, 5.74) is 0. The summed E-state index contributed by atoms with van der Waals surface area (Å²) in [6.07, 6.45) is 5.73. The van der Waals surface area contributed by atoms with Crippen LogP contribution in [0.2, 0.25) is 0 Å². The summed E-state index contributed by atoms with van der Waals surface area (Å²) >= 11 is 0. The molecule has 2 saturated heterocycles. The predicted octanol–water partition coefficient (Wildman–Crippen LogP) is 3.86. The fraction of sp³-hybridized carbons (Fsp3) is 1.00. The van der Waals surface area contributed by atoms with Crippen molar-refractivity contribution >= 4 is 0 Å². The molecule has 0 aromatic heterocycles. The molecule has 0 saturated carbocycles. The van der Waals surface area contributed by atoms with Crippen LogP contribution in [0.5, 0.6) is 0 Å². The van der Waals surface area contributed by atoms with Crippen LogP contribution >= 0.6 is 0 Å². The molecule has 118 valence electrons. The molecular formula is C18H36N2. The third-order valence-corrected chi connectivity index (χ3v) is 5.79. The Morgan fingerprint density at radius 1 is 0.950 bits per heavy atom. The van der Waals surface area contributed by atoms with E-state index in [9.17, 15) is 0 Å². The first kappa shape index (κ1) is 16.3. The van der Waals surface area contributed by atoms with Crippen molar-refractivity contribution in [1.29, 1.82) is 0 Å². The van der Waals surface area contributed by atoms with Crippen molar-refractivity contribution < 1.29 is 0 Å². The van der Waals surface area contributed by atoms with Gasteiger partial charge in [0.25, 0.3) is 0 Å². The number of rotatable bonds is 7. The van der Waals surface area contributed by atoms with Crippen LogP contribution in [0, 0.1) is 17.8 Å². The maximum atomic E-state index is 2.69. The van der Waals surface area contributed by atoms with Crippen molar-refractivity contribution in [1.82, 2.24) is 9.80 Å². The lowest BCUT2D eigenvalue weighted by atomic mass is 9.86. The van der Waals surface area contributed by atoms with Crippen LogP contribution in [-0.4, -0.2) is 48.1 Å². The first-order valence-electron chi connectivity index (χ1n) is 8.95. The van der Waals surface area contributed by atoms with Gasteiger partial charge in [0.15, 0.2) is 0 Å². The molecule has 0 amide bonds. The Bertz CT molecular complexity index is 281. The molecule has 2 heteroatoms. The second kappa shape index (κ2) is 7.26. The van der Waals surface area contributed by atoms with Crippen LogP contribution in [0.1, 0.15) is 60.3 Å². The summed E-state index contributed by atoms with van der Waals surface area (Å²) in [5.74, 6) is 2.82. The van der Waals surface area contributed by atoms with Gasteiger partial charge in [0.2, 0.25) is 0 Å². The number of hydrogen-bond acceptors (Lipinski definition) is 2. The van der Waals surface area contributed by atoms with E-state index in [1.807, 2.05) is 0 Å². The van der Waals surface area contributed by atoms with Crippen LogP contribution in [-0.2, 0) is 0 Å². The van der Waals surface area contributed by atoms with Gasteiger partial charge in [-0.3, -0.25) is 4.90 Å². The quantitative estimate of drug-likeness (QED) is 0.698. The van der Waals surface area contributed by atoms with Crippen molar-refractivity contribution in [2.24, 2.45) is 17.8 Å². The third kappa shape index (κ3) is 4.21. The SMILES string of the molecule is CC(C)C1CN([C@H](C)CCC[C@H]2CCN(C(C)C)C2)C1. The molecule has 20 heavy (non-hydrogen) atoms. The van der Waals surface area contributed by atoms with E-state index in [0.29, 0.717) is 0 Å². The Hall–Kier alpha value is -0.0800. The Morgan fingerprint density at radius 3 is 2.20 bits per heavy atom. The van der Waals surface area contributed by atoms with Gasteiger partial charge in [-0.15, -0.1) is 0 Å². The molecule has 0 aliphatic carbocycles. The minimum atomic E-state index is 0.743. The molecule has 0 aromatic rings. The van der Waals surface area contributed by atoms with Crippen LogP contribution in [0.15, 0.2) is 0 Å². The molecule has 0 N–H and O–H groups in total. The highest BCUT2D eigenvalue weighted by Gasteiger charge is 2.32. The van der Waals surface area contributed by atoms with Crippen molar-refractivity contribution in [3.8, 4) is 0 Å². The maximum absolute atomic E-state index is 2.69. The van der Waals surface area contributed by atoms with Gasteiger partial charge in [0.1, 0.15) is 0 Å². The normalized spacial score (nSPS) is 27.4. The summed E-state index contributed by atoms with van der Waals surface area (Å²) in [6.45, 7) is 17.2. The third-order valence-electron chi connectivity index (χ3n) is 5.79. The van der Waals surface area contributed by atoms with Crippen molar-refractivity contribution in [3.63, 3.8) is 0 Å². The highest BCUT2D eigenvalue weighted by molar-refractivity contribution is 4.85. The van der Waals surface area contributed by atoms with E-state index >= 15 is 0 Å². The summed E-state index contributed by atoms with van der Waals surface area (Å²) in [4.78, 5) is 5.34. The van der Waals surface area contributed by atoms with Gasteiger partial charge in [-0.2, -0.15) is 0 Å². The fourth-order valence-electron chi connectivity index (χ4n) is 3.78. The average Bonchev–Trinajstić information content (AvgIpc) is 2.75. The van der Waals surface area contributed by atoms with Crippen LogP contribution in [0.4, 0.5) is 0 Å². The lowest BCUT2D eigenvalue weighted by molar-refractivity contribution is 0.0300. The second-order valence-corrected chi connectivity index (χ2v) is 7.98. The molecule has 2 nitrogen and oxygen atoms in total. The maximum Gasteiger partial charge on any atom is 0.00671 e. The van der Waals surface area contributed by atoms with E-state index in [1.54, 1.807) is 0 Å². The van der Waals surface area contributed by atoms with Crippen molar-refractivity contribution in [2.45, 2.75) is 72.4 Å². The molecular weight excluding hydrogens is 244 g/mol. The lowest BCUT2D eigenvalue weighted by Gasteiger charge is -2.45. The summed E-state index contributed by atoms with van der Waals surface area (Å²) < 4.78 is 0. The molecule has 0 unspecified atom stereocenters. The first-order valence-corrected chi connectivity index (χ1v) is 8.95. The van der Waals surface area contributed by atoms with Gasteiger partial charge < -0.3 is 4.90 Å². The standard InChI is InChI=1S/C18H36N2/c1-14(2)18-12-20(13-18)16(5)7-6-8-17-9-10-19(11-17)15(3)4/h14-18H,6-13H2,1-5H3/t16-,17+/m1/s1. The molecule has 2 heterocycles. The van der Waals surface area contributed by atoms with Gasteiger partial charge in [-0.1, -0.05) is 20.3 Å². The lowest BCUT2D eigenvalue weighted by Crippen LogP contribution is -2.52. The molecule has 0 radical (unpaired) electrons. The summed E-state index contributed by atoms with van der Waals surface area (Å²) in [7, 11) is 0. The summed E-state index contributed by atoms with van der Waals surface area (Å²) in [6, 6.07) is 1.56. The second-order valence-electron chi connectivity index (χ2n) is 7.98. The zero-order valence-electron chi connectivity index (χ0n) is 14.4. The van der Waals surface area contributed by atoms with Crippen LogP contribution < -0.4 is 0 Å². The Morgan fingerprint density at radius 2 is 1.65 bits per heavy atom. The smallest absolute Gasteiger partial charge is 0.00671 e. The van der Waals surface area contributed by atoms with Gasteiger partial charge in [0, 0.05) is 31.7 Å². The predicted molar refractivity (Wildman–Crippen MR) is 88.0 cm³/mol. The van der Waals surface area contributed by atoms with Gasteiger partial charge in [-0.05, 0) is 64.3 Å². The monoisotopic (exact) mass is 280 g/mol. The number of likely N-dealkylation sites (tertiary alicyclic amines) is 2. The van der Waals surface area contributed by atoms with E-state index < -0.39 is 0 Å².